The summed E-state index contributed by atoms with van der Waals surface area (Å²) in [5.41, 5.74) is 0. The topological polar surface area (TPSA) is 33.0 Å². The Hall–Kier alpha value is -0.850. The van der Waals surface area contributed by atoms with E-state index in [9.17, 15) is 0 Å². The summed E-state index contributed by atoms with van der Waals surface area (Å²) in [6.45, 7) is 2.87. The van der Waals surface area contributed by atoms with Gasteiger partial charge in [0, 0.05) is 16.4 Å². The second kappa shape index (κ2) is 4.12. The summed E-state index contributed by atoms with van der Waals surface area (Å²) in [5.74, 6) is 0.0433. The van der Waals surface area contributed by atoms with Crippen molar-refractivity contribution >= 4 is 11.3 Å². The van der Waals surface area contributed by atoms with Crippen LogP contribution in [0.1, 0.15) is 28.7 Å². The summed E-state index contributed by atoms with van der Waals surface area (Å²) in [6, 6.07) is 6.52. The van der Waals surface area contributed by atoms with Crippen molar-refractivity contribution in [3.05, 3.63) is 21.9 Å². The molecule has 2 heterocycles. The van der Waals surface area contributed by atoms with Crippen LogP contribution in [0.15, 0.2) is 12.1 Å². The molecular weight excluding hydrogens is 194 g/mol. The fourth-order valence-electron chi connectivity index (χ4n) is 1.80. The van der Waals surface area contributed by atoms with Crippen molar-refractivity contribution < 1.29 is 4.74 Å². The second-order valence-electron chi connectivity index (χ2n) is 3.62. The molecule has 0 N–H and O–H groups in total. The first-order valence-corrected chi connectivity index (χ1v) is 5.70. The molecule has 2 nitrogen and oxygen atoms in total. The lowest BCUT2D eigenvalue weighted by Gasteiger charge is -2.26. The maximum absolute atomic E-state index is 9.00. The molecule has 1 aromatic rings. The predicted molar refractivity (Wildman–Crippen MR) is 56.1 cm³/mol. The van der Waals surface area contributed by atoms with Crippen molar-refractivity contribution in [3.8, 4) is 6.07 Å². The van der Waals surface area contributed by atoms with Crippen molar-refractivity contribution in [1.29, 1.82) is 5.26 Å². The maximum atomic E-state index is 9.00. The lowest BCUT2D eigenvalue weighted by molar-refractivity contribution is -0.00791. The standard InChI is InChI=1S/C11H13NOS/c1-8-4-5-10(14-8)11-9(7-12)3-2-6-13-11/h4-5,9,11H,2-3,6H2,1H3. The predicted octanol–water partition coefficient (Wildman–Crippen LogP) is 3.05. The number of thiophene rings is 1. The molecule has 14 heavy (non-hydrogen) atoms. The number of nitrogens with zero attached hydrogens (tertiary/aromatic N) is 1. The SMILES string of the molecule is Cc1ccc(C2OCCCC2C#N)s1. The third kappa shape index (κ3) is 1.82. The lowest BCUT2D eigenvalue weighted by Crippen LogP contribution is -2.20. The minimum atomic E-state index is 0.0208. The van der Waals surface area contributed by atoms with Gasteiger partial charge in [0.1, 0.15) is 6.10 Å². The summed E-state index contributed by atoms with van der Waals surface area (Å²) in [4.78, 5) is 2.49. The van der Waals surface area contributed by atoms with Gasteiger partial charge >= 0.3 is 0 Å². The summed E-state index contributed by atoms with van der Waals surface area (Å²) in [5, 5.41) is 9.00. The van der Waals surface area contributed by atoms with Gasteiger partial charge in [0.05, 0.1) is 12.0 Å². The Labute approximate surface area is 88.1 Å². The van der Waals surface area contributed by atoms with Crippen LogP contribution in [0, 0.1) is 24.2 Å². The molecule has 3 heteroatoms. The van der Waals surface area contributed by atoms with Gasteiger partial charge in [-0.05, 0) is 31.9 Å². The van der Waals surface area contributed by atoms with Gasteiger partial charge in [0.2, 0.25) is 0 Å². The highest BCUT2D eigenvalue weighted by atomic mass is 32.1. The smallest absolute Gasteiger partial charge is 0.107 e. The molecule has 1 aliphatic heterocycles. The molecule has 0 aromatic carbocycles. The van der Waals surface area contributed by atoms with E-state index in [1.54, 1.807) is 11.3 Å². The van der Waals surface area contributed by atoms with Crippen LogP contribution in [0.25, 0.3) is 0 Å². The van der Waals surface area contributed by atoms with Gasteiger partial charge in [-0.25, -0.2) is 0 Å². The molecule has 0 bridgehead atoms. The highest BCUT2D eigenvalue weighted by molar-refractivity contribution is 7.12. The van der Waals surface area contributed by atoms with Crippen LogP contribution in [0.2, 0.25) is 0 Å². The molecule has 2 rings (SSSR count). The first-order valence-electron chi connectivity index (χ1n) is 4.89. The number of aryl methyl sites for hydroxylation is 1. The zero-order chi connectivity index (χ0) is 9.97. The van der Waals surface area contributed by atoms with Gasteiger partial charge in [0.15, 0.2) is 0 Å². The van der Waals surface area contributed by atoms with E-state index in [0.29, 0.717) is 0 Å². The van der Waals surface area contributed by atoms with Crippen molar-refractivity contribution in [2.45, 2.75) is 25.9 Å². The molecule has 0 amide bonds. The number of nitriles is 1. The monoisotopic (exact) mass is 207 g/mol. The minimum absolute atomic E-state index is 0.0208. The van der Waals surface area contributed by atoms with E-state index >= 15 is 0 Å². The number of hydrogen-bond donors (Lipinski definition) is 0. The van der Waals surface area contributed by atoms with Crippen LogP contribution in [-0.2, 0) is 4.74 Å². The fraction of sp³-hybridized carbons (Fsp3) is 0.545. The fourth-order valence-corrected chi connectivity index (χ4v) is 2.79. The Balaban J connectivity index is 2.19. The third-order valence-electron chi connectivity index (χ3n) is 2.53. The molecule has 0 radical (unpaired) electrons. The van der Waals surface area contributed by atoms with Crippen LogP contribution in [0.3, 0.4) is 0 Å². The van der Waals surface area contributed by atoms with E-state index in [-0.39, 0.29) is 12.0 Å². The van der Waals surface area contributed by atoms with E-state index in [1.165, 1.54) is 9.75 Å². The molecule has 1 fully saturated rings. The first kappa shape index (κ1) is 9.70. The highest BCUT2D eigenvalue weighted by Gasteiger charge is 2.28. The quantitative estimate of drug-likeness (QED) is 0.709. The minimum Gasteiger partial charge on any atom is -0.371 e. The molecule has 1 aromatic heterocycles. The number of ether oxygens (including phenoxy) is 1. The Morgan fingerprint density at radius 3 is 3.07 bits per heavy atom. The summed E-state index contributed by atoms with van der Waals surface area (Å²) < 4.78 is 5.67. The van der Waals surface area contributed by atoms with Gasteiger partial charge in [-0.2, -0.15) is 5.26 Å². The summed E-state index contributed by atoms with van der Waals surface area (Å²) >= 11 is 1.74. The molecular formula is C11H13NOS. The Morgan fingerprint density at radius 1 is 1.57 bits per heavy atom. The van der Waals surface area contributed by atoms with Crippen LogP contribution >= 0.6 is 11.3 Å². The van der Waals surface area contributed by atoms with E-state index < -0.39 is 0 Å². The van der Waals surface area contributed by atoms with Gasteiger partial charge in [-0.1, -0.05) is 0 Å². The van der Waals surface area contributed by atoms with Crippen LogP contribution in [0.5, 0.6) is 0 Å². The average Bonchev–Trinajstić information content (AvgIpc) is 2.65. The molecule has 1 saturated heterocycles. The lowest BCUT2D eigenvalue weighted by atomic mass is 9.95. The highest BCUT2D eigenvalue weighted by Crippen LogP contribution is 2.36. The molecule has 2 atom stereocenters. The Morgan fingerprint density at radius 2 is 2.43 bits per heavy atom. The van der Waals surface area contributed by atoms with Crippen LogP contribution in [0.4, 0.5) is 0 Å². The van der Waals surface area contributed by atoms with Crippen molar-refractivity contribution in [2.75, 3.05) is 6.61 Å². The molecule has 0 spiro atoms. The van der Waals surface area contributed by atoms with Gasteiger partial charge in [-0.3, -0.25) is 0 Å². The first-order chi connectivity index (χ1) is 6.81. The second-order valence-corrected chi connectivity index (χ2v) is 4.94. The molecule has 74 valence electrons. The number of rotatable bonds is 1. The van der Waals surface area contributed by atoms with Gasteiger partial charge in [-0.15, -0.1) is 11.3 Å². The van der Waals surface area contributed by atoms with E-state index in [0.717, 1.165) is 19.4 Å². The van der Waals surface area contributed by atoms with E-state index in [2.05, 4.69) is 25.1 Å². The zero-order valence-electron chi connectivity index (χ0n) is 8.19. The van der Waals surface area contributed by atoms with Crippen molar-refractivity contribution in [1.82, 2.24) is 0 Å². The maximum Gasteiger partial charge on any atom is 0.107 e. The van der Waals surface area contributed by atoms with E-state index in [1.807, 2.05) is 0 Å². The third-order valence-corrected chi connectivity index (χ3v) is 3.59. The van der Waals surface area contributed by atoms with E-state index in [4.69, 9.17) is 10.00 Å². The normalized spacial score (nSPS) is 27.1. The van der Waals surface area contributed by atoms with Gasteiger partial charge < -0.3 is 4.74 Å². The summed E-state index contributed by atoms with van der Waals surface area (Å²) in [6.07, 6.45) is 2.00. The largest absolute Gasteiger partial charge is 0.371 e. The molecule has 2 unspecified atom stereocenters. The van der Waals surface area contributed by atoms with Crippen LogP contribution in [-0.4, -0.2) is 6.61 Å². The summed E-state index contributed by atoms with van der Waals surface area (Å²) in [7, 11) is 0. The number of hydrogen-bond acceptors (Lipinski definition) is 3. The van der Waals surface area contributed by atoms with Crippen LogP contribution < -0.4 is 0 Å². The van der Waals surface area contributed by atoms with Crippen molar-refractivity contribution in [2.24, 2.45) is 5.92 Å². The van der Waals surface area contributed by atoms with Gasteiger partial charge in [0.25, 0.3) is 0 Å². The molecule has 0 aliphatic carbocycles. The molecule has 1 aliphatic rings. The van der Waals surface area contributed by atoms with Crippen molar-refractivity contribution in [3.63, 3.8) is 0 Å². The Bertz CT molecular complexity index is 352. The average molecular weight is 207 g/mol. The molecule has 0 saturated carbocycles. The Kier molecular flexibility index (Phi) is 2.85. The zero-order valence-corrected chi connectivity index (χ0v) is 9.01.